The lowest BCUT2D eigenvalue weighted by Gasteiger charge is -2.18. The fourth-order valence-electron chi connectivity index (χ4n) is 3.08. The number of hydrogen-bond donors (Lipinski definition) is 3. The molecule has 0 bridgehead atoms. The van der Waals surface area contributed by atoms with Crippen molar-refractivity contribution in [3.63, 3.8) is 0 Å². The third-order valence-electron chi connectivity index (χ3n) is 4.48. The highest BCUT2D eigenvalue weighted by atomic mass is 79.9. The lowest BCUT2D eigenvalue weighted by atomic mass is 10.1. The van der Waals surface area contributed by atoms with E-state index in [1.54, 1.807) is 0 Å². The van der Waals surface area contributed by atoms with E-state index >= 15 is 0 Å². The van der Waals surface area contributed by atoms with Crippen molar-refractivity contribution in [2.45, 2.75) is 19.9 Å². The number of aromatic amines is 1. The summed E-state index contributed by atoms with van der Waals surface area (Å²) in [5, 5.41) is 9.60. The van der Waals surface area contributed by atoms with E-state index in [2.05, 4.69) is 68.4 Å². The van der Waals surface area contributed by atoms with E-state index in [4.69, 9.17) is 12.2 Å². The molecule has 0 saturated heterocycles. The number of hydrazone groups is 1. The molecule has 3 N–H and O–H groups in total. The van der Waals surface area contributed by atoms with Gasteiger partial charge in [-0.3, -0.25) is 10.1 Å². The number of amidine groups is 1. The van der Waals surface area contributed by atoms with E-state index in [0.717, 1.165) is 33.5 Å². The second-order valence-electron chi connectivity index (χ2n) is 6.18. The minimum atomic E-state index is 0.657. The highest BCUT2D eigenvalue weighted by Crippen LogP contribution is 2.19. The highest BCUT2D eigenvalue weighted by Gasteiger charge is 2.22. The summed E-state index contributed by atoms with van der Waals surface area (Å²) in [5.41, 5.74) is 10.2. The first-order chi connectivity index (χ1) is 13.2. The summed E-state index contributed by atoms with van der Waals surface area (Å²) >= 11 is 9.22. The molecule has 0 amide bonds. The zero-order chi connectivity index (χ0) is 18.8. The van der Waals surface area contributed by atoms with Crippen molar-refractivity contribution in [2.24, 2.45) is 5.10 Å². The van der Waals surface area contributed by atoms with Crippen LogP contribution in [0.25, 0.3) is 5.69 Å². The van der Waals surface area contributed by atoms with E-state index < -0.39 is 0 Å². The standard InChI is InChI=1S/C19H19BrN6S/c1-2-14-5-3-4-6-17(14)26-19(27)16(11-21-26)18-22-23-24-25(18)12-13-7-9-15(20)10-8-13/h3-11,21,23-24H,2,12H2,1H3. The number of nitrogens with one attached hydrogen (secondary N) is 3. The van der Waals surface area contributed by atoms with Gasteiger partial charge in [-0.2, -0.15) is 0 Å². The Hall–Kier alpha value is -2.42. The normalized spacial score (nSPS) is 13.6. The summed E-state index contributed by atoms with van der Waals surface area (Å²) in [5.74, 6) is 0.756. The van der Waals surface area contributed by atoms with Crippen LogP contribution in [0.4, 0.5) is 0 Å². The first-order valence-corrected chi connectivity index (χ1v) is 9.87. The Morgan fingerprint density at radius 1 is 1.11 bits per heavy atom. The Labute approximate surface area is 170 Å². The van der Waals surface area contributed by atoms with Crippen LogP contribution in [0.3, 0.4) is 0 Å². The van der Waals surface area contributed by atoms with Gasteiger partial charge in [0.05, 0.1) is 17.8 Å². The summed E-state index contributed by atoms with van der Waals surface area (Å²) in [6.45, 7) is 2.80. The topological polar surface area (TPSA) is 60.4 Å². The van der Waals surface area contributed by atoms with Gasteiger partial charge in [0, 0.05) is 10.7 Å². The third-order valence-corrected chi connectivity index (χ3v) is 5.41. The maximum absolute atomic E-state index is 5.75. The number of nitrogens with zero attached hydrogens (tertiary/aromatic N) is 3. The van der Waals surface area contributed by atoms with Gasteiger partial charge in [-0.05, 0) is 35.7 Å². The van der Waals surface area contributed by atoms with Gasteiger partial charge >= 0.3 is 0 Å². The molecule has 0 atom stereocenters. The molecule has 3 aromatic rings. The van der Waals surface area contributed by atoms with Crippen molar-refractivity contribution < 1.29 is 0 Å². The number of aryl methyl sites for hydroxylation is 1. The monoisotopic (exact) mass is 442 g/mol. The van der Waals surface area contributed by atoms with Crippen molar-refractivity contribution in [3.05, 3.63) is 80.5 Å². The number of rotatable bonds is 5. The largest absolute Gasteiger partial charge is 0.299 e. The molecule has 0 spiro atoms. The third kappa shape index (κ3) is 3.55. The van der Waals surface area contributed by atoms with Gasteiger partial charge < -0.3 is 0 Å². The highest BCUT2D eigenvalue weighted by molar-refractivity contribution is 9.10. The van der Waals surface area contributed by atoms with Gasteiger partial charge in [0.1, 0.15) is 4.64 Å². The van der Waals surface area contributed by atoms with Crippen LogP contribution in [-0.4, -0.2) is 20.6 Å². The second-order valence-corrected chi connectivity index (χ2v) is 7.48. The molecule has 2 heterocycles. The van der Waals surface area contributed by atoms with Crippen molar-refractivity contribution in [1.29, 1.82) is 0 Å². The molecular formula is C19H19BrN6S. The predicted octanol–water partition coefficient (Wildman–Crippen LogP) is 4.05. The molecule has 0 unspecified atom stereocenters. The van der Waals surface area contributed by atoms with Crippen molar-refractivity contribution >= 4 is 34.0 Å². The van der Waals surface area contributed by atoms with E-state index in [-0.39, 0.29) is 0 Å². The van der Waals surface area contributed by atoms with Gasteiger partial charge in [0.2, 0.25) is 0 Å². The number of aromatic nitrogens is 2. The Morgan fingerprint density at radius 2 is 1.89 bits per heavy atom. The number of H-pyrrole nitrogens is 1. The quantitative estimate of drug-likeness (QED) is 0.521. The molecule has 2 aromatic carbocycles. The van der Waals surface area contributed by atoms with Gasteiger partial charge in [-0.1, -0.05) is 65.4 Å². The average Bonchev–Trinajstić information content (AvgIpc) is 3.29. The number of halogens is 1. The van der Waals surface area contributed by atoms with E-state index in [9.17, 15) is 0 Å². The van der Waals surface area contributed by atoms with Crippen LogP contribution >= 0.6 is 28.1 Å². The maximum Gasteiger partial charge on any atom is 0.177 e. The van der Waals surface area contributed by atoms with Crippen LogP contribution in [0, 0.1) is 4.64 Å². The molecular weight excluding hydrogens is 424 g/mol. The number of benzene rings is 2. The maximum atomic E-state index is 5.75. The number of hydrogen-bond acceptors (Lipinski definition) is 5. The molecule has 1 aliphatic heterocycles. The minimum Gasteiger partial charge on any atom is -0.299 e. The molecule has 8 heteroatoms. The predicted molar refractivity (Wildman–Crippen MR) is 113 cm³/mol. The first-order valence-electron chi connectivity index (χ1n) is 8.66. The van der Waals surface area contributed by atoms with Crippen LogP contribution < -0.4 is 11.1 Å². The van der Waals surface area contributed by atoms with E-state index in [0.29, 0.717) is 11.2 Å². The molecule has 6 nitrogen and oxygen atoms in total. The van der Waals surface area contributed by atoms with Gasteiger partial charge in [-0.15, -0.1) is 10.6 Å². The van der Waals surface area contributed by atoms with Crippen molar-refractivity contribution in [3.8, 4) is 5.69 Å². The first kappa shape index (κ1) is 18.0. The molecule has 0 saturated carbocycles. The lowest BCUT2D eigenvalue weighted by Crippen LogP contribution is -2.40. The molecule has 4 rings (SSSR count). The summed E-state index contributed by atoms with van der Waals surface area (Å²) < 4.78 is 3.69. The Bertz CT molecular complexity index is 1040. The molecule has 1 aliphatic rings. The van der Waals surface area contributed by atoms with Crippen LogP contribution in [0.5, 0.6) is 0 Å². The van der Waals surface area contributed by atoms with Gasteiger partial charge in [0.15, 0.2) is 5.84 Å². The number of hydrazine groups is 2. The van der Waals surface area contributed by atoms with Crippen LogP contribution in [0.15, 0.2) is 64.3 Å². The summed E-state index contributed by atoms with van der Waals surface area (Å²) in [6, 6.07) is 16.5. The molecule has 0 aliphatic carbocycles. The summed E-state index contributed by atoms with van der Waals surface area (Å²) in [7, 11) is 0. The second kappa shape index (κ2) is 7.67. The minimum absolute atomic E-state index is 0.657. The molecule has 27 heavy (non-hydrogen) atoms. The summed E-state index contributed by atoms with van der Waals surface area (Å²) in [4.78, 5) is 0. The zero-order valence-electron chi connectivity index (χ0n) is 14.7. The smallest absolute Gasteiger partial charge is 0.177 e. The van der Waals surface area contributed by atoms with Crippen molar-refractivity contribution in [1.82, 2.24) is 25.9 Å². The molecule has 1 aromatic heterocycles. The van der Waals surface area contributed by atoms with Crippen LogP contribution in [-0.2, 0) is 13.0 Å². The van der Waals surface area contributed by atoms with Crippen LogP contribution in [0.2, 0.25) is 0 Å². The van der Waals surface area contributed by atoms with E-state index in [1.165, 1.54) is 5.56 Å². The molecule has 0 radical (unpaired) electrons. The Kier molecular flexibility index (Phi) is 5.11. The number of para-hydroxylation sites is 1. The SMILES string of the molecule is CCc1ccccc1-n1[nH]cc(C2=NNNN2Cc2ccc(Br)cc2)c1=S. The molecule has 138 valence electrons. The van der Waals surface area contributed by atoms with Gasteiger partial charge in [0.25, 0.3) is 0 Å². The summed E-state index contributed by atoms with van der Waals surface area (Å²) in [6.07, 6.45) is 2.84. The van der Waals surface area contributed by atoms with Gasteiger partial charge in [-0.25, -0.2) is 10.2 Å². The molecule has 0 fully saturated rings. The Balaban J connectivity index is 1.64. The fraction of sp³-hybridized carbons (Fsp3) is 0.158. The fourth-order valence-corrected chi connectivity index (χ4v) is 3.65. The average molecular weight is 443 g/mol. The van der Waals surface area contributed by atoms with Crippen LogP contribution in [0.1, 0.15) is 23.6 Å². The lowest BCUT2D eigenvalue weighted by molar-refractivity contribution is 0.288. The Morgan fingerprint density at radius 3 is 2.67 bits per heavy atom. The van der Waals surface area contributed by atoms with E-state index in [1.807, 2.05) is 40.2 Å². The zero-order valence-corrected chi connectivity index (χ0v) is 17.1. The van der Waals surface area contributed by atoms with Crippen molar-refractivity contribution in [2.75, 3.05) is 0 Å².